The maximum Gasteiger partial charge on any atom is 0.336 e. The number of nitrogens with zero attached hydrogens (tertiary/aromatic N) is 1. The molecular weight excluding hydrogens is 378 g/mol. The maximum absolute atomic E-state index is 12.6. The molecule has 0 saturated carbocycles. The lowest BCUT2D eigenvalue weighted by atomic mass is 9.98. The molecule has 2 aromatic rings. The fourth-order valence-corrected chi connectivity index (χ4v) is 4.88. The van der Waals surface area contributed by atoms with Crippen molar-refractivity contribution in [2.75, 3.05) is 18.8 Å². The molecule has 1 fully saturated rings. The van der Waals surface area contributed by atoms with Crippen LogP contribution in [0.25, 0.3) is 11.0 Å². The molecule has 0 N–H and O–H groups in total. The molecule has 1 aliphatic rings. The van der Waals surface area contributed by atoms with E-state index in [0.717, 1.165) is 10.9 Å². The zero-order valence-electron chi connectivity index (χ0n) is 16.6. The average Bonchev–Trinajstić information content (AvgIpc) is 2.61. The summed E-state index contributed by atoms with van der Waals surface area (Å²) >= 11 is 0. The molecule has 28 heavy (non-hydrogen) atoms. The first-order valence-corrected chi connectivity index (χ1v) is 11.2. The van der Waals surface area contributed by atoms with E-state index >= 15 is 0 Å². The topological polar surface area (TPSA) is 84.7 Å². The van der Waals surface area contributed by atoms with Gasteiger partial charge in [-0.1, -0.05) is 6.07 Å². The van der Waals surface area contributed by atoms with Gasteiger partial charge >= 0.3 is 5.63 Å². The molecule has 0 spiro atoms. The molecule has 1 aromatic carbocycles. The molecule has 7 heteroatoms. The second-order valence-electron chi connectivity index (χ2n) is 8.52. The third-order valence-corrected chi connectivity index (χ3v) is 8.17. The number of hydrogen-bond acceptors (Lipinski definition) is 5. The van der Waals surface area contributed by atoms with Gasteiger partial charge in [-0.2, -0.15) is 0 Å². The van der Waals surface area contributed by atoms with E-state index in [4.69, 9.17) is 4.42 Å². The van der Waals surface area contributed by atoms with E-state index in [1.54, 1.807) is 39.0 Å². The zero-order valence-corrected chi connectivity index (χ0v) is 17.4. The fraction of sp³-hybridized carbons (Fsp3) is 0.524. The fourth-order valence-electron chi connectivity index (χ4n) is 3.43. The summed E-state index contributed by atoms with van der Waals surface area (Å²) in [5.41, 5.74) is 0.973. The number of carbonyl (C=O) groups is 1. The SMILES string of the molecule is CC(C)(C)S(=O)(=O)CC1CCN(C(=O)Cc2ccc3oc(=O)ccc3c2)CC1. The summed E-state index contributed by atoms with van der Waals surface area (Å²) in [4.78, 5) is 25.7. The Morgan fingerprint density at radius 1 is 1.14 bits per heavy atom. The van der Waals surface area contributed by atoms with Gasteiger partial charge in [0.25, 0.3) is 0 Å². The van der Waals surface area contributed by atoms with Gasteiger partial charge in [-0.15, -0.1) is 0 Å². The highest BCUT2D eigenvalue weighted by Gasteiger charge is 2.33. The van der Waals surface area contributed by atoms with Crippen LogP contribution >= 0.6 is 0 Å². The number of amides is 1. The van der Waals surface area contributed by atoms with Crippen LogP contribution in [0.3, 0.4) is 0 Å². The third-order valence-electron chi connectivity index (χ3n) is 5.39. The van der Waals surface area contributed by atoms with E-state index < -0.39 is 20.2 Å². The van der Waals surface area contributed by atoms with Gasteiger partial charge in [0.15, 0.2) is 9.84 Å². The van der Waals surface area contributed by atoms with E-state index in [0.29, 0.717) is 31.5 Å². The molecule has 0 radical (unpaired) electrons. The lowest BCUT2D eigenvalue weighted by molar-refractivity contribution is -0.131. The highest BCUT2D eigenvalue weighted by Crippen LogP contribution is 2.25. The second kappa shape index (κ2) is 7.70. The molecule has 6 nitrogen and oxygen atoms in total. The molecule has 1 saturated heterocycles. The quantitative estimate of drug-likeness (QED) is 0.730. The number of rotatable bonds is 4. The van der Waals surface area contributed by atoms with Crippen LogP contribution in [0.4, 0.5) is 0 Å². The number of sulfone groups is 1. The summed E-state index contributed by atoms with van der Waals surface area (Å²) in [7, 11) is -3.14. The molecule has 1 aromatic heterocycles. The van der Waals surface area contributed by atoms with Crippen molar-refractivity contribution in [2.45, 2.75) is 44.8 Å². The number of carbonyl (C=O) groups excluding carboxylic acids is 1. The summed E-state index contributed by atoms with van der Waals surface area (Å²) in [5.74, 6) is 0.333. The van der Waals surface area contributed by atoms with Gasteiger partial charge in [-0.05, 0) is 63.3 Å². The first kappa shape index (κ1) is 20.6. The normalized spacial score (nSPS) is 16.5. The first-order chi connectivity index (χ1) is 13.0. The number of piperidine rings is 1. The van der Waals surface area contributed by atoms with Gasteiger partial charge in [0.05, 0.1) is 16.9 Å². The summed E-state index contributed by atoms with van der Waals surface area (Å²) in [6.45, 7) is 6.37. The van der Waals surface area contributed by atoms with E-state index in [9.17, 15) is 18.0 Å². The summed E-state index contributed by atoms with van der Waals surface area (Å²) in [6.07, 6.45) is 1.70. The Balaban J connectivity index is 1.58. The summed E-state index contributed by atoms with van der Waals surface area (Å²) in [6, 6.07) is 8.42. The Hall–Kier alpha value is -2.15. The van der Waals surface area contributed by atoms with Crippen LogP contribution in [0, 0.1) is 5.92 Å². The van der Waals surface area contributed by atoms with Crippen molar-refractivity contribution in [3.8, 4) is 0 Å². The Bertz CT molecular complexity index is 1020. The first-order valence-electron chi connectivity index (χ1n) is 9.58. The van der Waals surface area contributed by atoms with Crippen LogP contribution in [0.5, 0.6) is 0 Å². The maximum atomic E-state index is 12.6. The molecule has 0 aliphatic carbocycles. The highest BCUT2D eigenvalue weighted by molar-refractivity contribution is 7.92. The van der Waals surface area contributed by atoms with Crippen LogP contribution in [0.1, 0.15) is 39.2 Å². The Labute approximate surface area is 165 Å². The van der Waals surface area contributed by atoms with Gasteiger partial charge in [0.2, 0.25) is 5.91 Å². The van der Waals surface area contributed by atoms with E-state index in [1.165, 1.54) is 6.07 Å². The lowest BCUT2D eigenvalue weighted by Crippen LogP contribution is -2.42. The van der Waals surface area contributed by atoms with Crippen LogP contribution in [-0.4, -0.2) is 42.8 Å². The Morgan fingerprint density at radius 3 is 2.46 bits per heavy atom. The smallest absolute Gasteiger partial charge is 0.336 e. The number of benzene rings is 1. The van der Waals surface area contributed by atoms with Crippen LogP contribution < -0.4 is 5.63 Å². The van der Waals surface area contributed by atoms with Crippen molar-refractivity contribution in [2.24, 2.45) is 5.92 Å². The molecular formula is C21H27NO5S. The minimum Gasteiger partial charge on any atom is -0.423 e. The molecule has 0 atom stereocenters. The standard InChI is InChI=1S/C21H27NO5S/c1-21(2,3)28(25,26)14-15-8-10-22(11-9-15)19(23)13-16-4-6-18-17(12-16)5-7-20(24)27-18/h4-7,12,15H,8-11,13-14H2,1-3H3. The van der Waals surface area contributed by atoms with Crippen LogP contribution in [0.15, 0.2) is 39.5 Å². The van der Waals surface area contributed by atoms with Gasteiger partial charge in [0.1, 0.15) is 5.58 Å². The van der Waals surface area contributed by atoms with E-state index in [-0.39, 0.29) is 24.0 Å². The van der Waals surface area contributed by atoms with E-state index in [2.05, 4.69) is 0 Å². The highest BCUT2D eigenvalue weighted by atomic mass is 32.2. The van der Waals surface area contributed by atoms with Crippen molar-refractivity contribution >= 4 is 26.7 Å². The van der Waals surface area contributed by atoms with Crippen LogP contribution in [0.2, 0.25) is 0 Å². The van der Waals surface area contributed by atoms with Crippen LogP contribution in [-0.2, 0) is 21.1 Å². The second-order valence-corrected chi connectivity index (χ2v) is 11.3. The third kappa shape index (κ3) is 4.63. The van der Waals surface area contributed by atoms with Gasteiger partial charge in [-0.25, -0.2) is 13.2 Å². The number of fused-ring (bicyclic) bond motifs is 1. The largest absolute Gasteiger partial charge is 0.423 e. The van der Waals surface area contributed by atoms with Gasteiger partial charge < -0.3 is 9.32 Å². The number of likely N-dealkylation sites (tertiary alicyclic amines) is 1. The van der Waals surface area contributed by atoms with Gasteiger partial charge in [0, 0.05) is 24.5 Å². The van der Waals surface area contributed by atoms with Gasteiger partial charge in [-0.3, -0.25) is 4.79 Å². The molecule has 3 rings (SSSR count). The lowest BCUT2D eigenvalue weighted by Gasteiger charge is -2.33. The van der Waals surface area contributed by atoms with Crippen molar-refractivity contribution in [1.82, 2.24) is 4.90 Å². The minimum absolute atomic E-state index is 0.0360. The molecule has 0 unspecified atom stereocenters. The Kier molecular flexibility index (Phi) is 5.66. The molecule has 1 aliphatic heterocycles. The van der Waals surface area contributed by atoms with E-state index in [1.807, 2.05) is 11.0 Å². The molecule has 0 bridgehead atoms. The Morgan fingerprint density at radius 2 is 1.82 bits per heavy atom. The summed E-state index contributed by atoms with van der Waals surface area (Å²) < 4.78 is 29.2. The van der Waals surface area contributed by atoms with Crippen molar-refractivity contribution < 1.29 is 17.6 Å². The monoisotopic (exact) mass is 405 g/mol. The predicted molar refractivity (Wildman–Crippen MR) is 109 cm³/mol. The zero-order chi connectivity index (χ0) is 20.5. The van der Waals surface area contributed by atoms with Crippen molar-refractivity contribution in [1.29, 1.82) is 0 Å². The molecule has 152 valence electrons. The predicted octanol–water partition coefficient (Wildman–Crippen LogP) is 2.79. The number of hydrogen-bond donors (Lipinski definition) is 0. The van der Waals surface area contributed by atoms with Crippen molar-refractivity contribution in [3.05, 3.63) is 46.3 Å². The molecule has 2 heterocycles. The summed E-state index contributed by atoms with van der Waals surface area (Å²) in [5, 5.41) is 0.788. The molecule has 1 amide bonds. The minimum atomic E-state index is -3.14. The van der Waals surface area contributed by atoms with Crippen molar-refractivity contribution in [3.63, 3.8) is 0 Å². The average molecular weight is 406 g/mol.